The lowest BCUT2D eigenvalue weighted by Gasteiger charge is -2.36. The Morgan fingerprint density at radius 2 is 2.13 bits per heavy atom. The third-order valence-electron chi connectivity index (χ3n) is 3.76. The fraction of sp³-hybridized carbons (Fsp3) is 0.733. The molecule has 1 aliphatic rings. The molecule has 1 unspecified atom stereocenters. The standard InChI is InChI=1S/C15H28N5O3/c1-15(2,13(16)22)23-11-6-5-9-20(10-11)12(21)7-3-4-8-19-14(17)18/h7,11H,3-6,8-10H2,1-2H3,(H2,16,22)(H4,17,18,19). The zero-order valence-corrected chi connectivity index (χ0v) is 13.9. The van der Waals surface area contributed by atoms with E-state index >= 15 is 0 Å². The van der Waals surface area contributed by atoms with E-state index < -0.39 is 11.5 Å². The van der Waals surface area contributed by atoms with E-state index in [0.717, 1.165) is 19.3 Å². The second kappa shape index (κ2) is 8.71. The van der Waals surface area contributed by atoms with Crippen molar-refractivity contribution in [1.82, 2.24) is 10.2 Å². The van der Waals surface area contributed by atoms with Crippen LogP contribution < -0.4 is 16.8 Å². The number of unbranched alkanes of at least 4 members (excludes halogenated alkanes) is 1. The van der Waals surface area contributed by atoms with Gasteiger partial charge in [-0.3, -0.25) is 15.0 Å². The molecule has 1 rings (SSSR count). The fourth-order valence-corrected chi connectivity index (χ4v) is 2.39. The van der Waals surface area contributed by atoms with Gasteiger partial charge in [-0.2, -0.15) is 0 Å². The lowest BCUT2D eigenvalue weighted by atomic mass is 10.0. The van der Waals surface area contributed by atoms with E-state index in [1.807, 2.05) is 0 Å². The Balaban J connectivity index is 2.35. The number of carbonyl (C=O) groups is 2. The highest BCUT2D eigenvalue weighted by Gasteiger charge is 2.32. The van der Waals surface area contributed by atoms with Crippen LogP contribution in [0.25, 0.3) is 0 Å². The SMILES string of the molecule is CC(C)(OC1CCCN(C(=O)[CH]CCCNC(=N)N)C1)C(N)=O. The van der Waals surface area contributed by atoms with Crippen LogP contribution in [-0.4, -0.2) is 54.0 Å². The summed E-state index contributed by atoms with van der Waals surface area (Å²) in [6.07, 6.45) is 4.46. The molecule has 8 heteroatoms. The molecule has 1 heterocycles. The van der Waals surface area contributed by atoms with Gasteiger partial charge < -0.3 is 26.4 Å². The summed E-state index contributed by atoms with van der Waals surface area (Å²) in [6.45, 7) is 5.02. The van der Waals surface area contributed by atoms with E-state index in [2.05, 4.69) is 5.32 Å². The molecule has 0 aliphatic carbocycles. The average molecular weight is 326 g/mol. The monoisotopic (exact) mass is 326 g/mol. The van der Waals surface area contributed by atoms with Crippen LogP contribution in [0.3, 0.4) is 0 Å². The first-order valence-electron chi connectivity index (χ1n) is 7.90. The van der Waals surface area contributed by atoms with Crippen LogP contribution in [0, 0.1) is 11.8 Å². The van der Waals surface area contributed by atoms with Crippen molar-refractivity contribution >= 4 is 17.8 Å². The molecule has 2 amide bonds. The average Bonchev–Trinajstić information content (AvgIpc) is 2.46. The van der Waals surface area contributed by atoms with Crippen molar-refractivity contribution in [3.63, 3.8) is 0 Å². The Hall–Kier alpha value is -1.83. The summed E-state index contributed by atoms with van der Waals surface area (Å²) in [5.74, 6) is -0.604. The largest absolute Gasteiger partial charge is 0.370 e. The minimum Gasteiger partial charge on any atom is -0.370 e. The normalized spacial score (nSPS) is 18.5. The Bertz CT molecular complexity index is 439. The van der Waals surface area contributed by atoms with E-state index in [-0.39, 0.29) is 18.0 Å². The highest BCUT2D eigenvalue weighted by molar-refractivity contribution is 5.85. The number of ether oxygens (including phenoxy) is 1. The first-order chi connectivity index (χ1) is 10.7. The van der Waals surface area contributed by atoms with Gasteiger partial charge in [-0.05, 0) is 39.5 Å². The second-order valence-corrected chi connectivity index (χ2v) is 6.23. The first kappa shape index (κ1) is 19.2. The zero-order valence-electron chi connectivity index (χ0n) is 13.9. The van der Waals surface area contributed by atoms with Gasteiger partial charge in [-0.15, -0.1) is 0 Å². The zero-order chi connectivity index (χ0) is 17.5. The molecule has 131 valence electrons. The van der Waals surface area contributed by atoms with E-state index in [9.17, 15) is 9.59 Å². The summed E-state index contributed by atoms with van der Waals surface area (Å²) in [6, 6.07) is 0. The lowest BCUT2D eigenvalue weighted by molar-refractivity contribution is -0.153. The number of hydrogen-bond acceptors (Lipinski definition) is 4. The summed E-state index contributed by atoms with van der Waals surface area (Å²) < 4.78 is 5.76. The molecule has 23 heavy (non-hydrogen) atoms. The Morgan fingerprint density at radius 1 is 1.43 bits per heavy atom. The number of nitrogens with zero attached hydrogens (tertiary/aromatic N) is 1. The number of carbonyl (C=O) groups excluding carboxylic acids is 2. The quantitative estimate of drug-likeness (QED) is 0.276. The van der Waals surface area contributed by atoms with Crippen LogP contribution in [0.5, 0.6) is 0 Å². The van der Waals surface area contributed by atoms with Crippen molar-refractivity contribution in [2.45, 2.75) is 51.2 Å². The van der Waals surface area contributed by atoms with Crippen molar-refractivity contribution in [2.75, 3.05) is 19.6 Å². The molecule has 0 spiro atoms. The molecule has 1 fully saturated rings. The number of nitrogens with one attached hydrogen (secondary N) is 2. The van der Waals surface area contributed by atoms with Gasteiger partial charge in [-0.1, -0.05) is 0 Å². The van der Waals surface area contributed by atoms with Gasteiger partial charge in [0.2, 0.25) is 11.8 Å². The van der Waals surface area contributed by atoms with Gasteiger partial charge in [0.05, 0.1) is 6.10 Å². The summed E-state index contributed by atoms with van der Waals surface area (Å²) in [7, 11) is 0. The number of nitrogens with two attached hydrogens (primary N) is 2. The van der Waals surface area contributed by atoms with Gasteiger partial charge in [0, 0.05) is 26.1 Å². The molecule has 1 radical (unpaired) electrons. The topological polar surface area (TPSA) is 135 Å². The fourth-order valence-electron chi connectivity index (χ4n) is 2.39. The van der Waals surface area contributed by atoms with Gasteiger partial charge in [0.1, 0.15) is 5.60 Å². The number of rotatable bonds is 8. The molecule has 0 aromatic heterocycles. The van der Waals surface area contributed by atoms with Crippen LogP contribution in [0.15, 0.2) is 0 Å². The molecular formula is C15H28N5O3. The van der Waals surface area contributed by atoms with Crippen molar-refractivity contribution < 1.29 is 14.3 Å². The molecular weight excluding hydrogens is 298 g/mol. The van der Waals surface area contributed by atoms with Gasteiger partial charge in [0.15, 0.2) is 5.96 Å². The van der Waals surface area contributed by atoms with Crippen LogP contribution in [-0.2, 0) is 14.3 Å². The second-order valence-electron chi connectivity index (χ2n) is 6.23. The van der Waals surface area contributed by atoms with Gasteiger partial charge in [0.25, 0.3) is 0 Å². The number of primary amides is 1. The predicted molar refractivity (Wildman–Crippen MR) is 87.4 cm³/mol. The van der Waals surface area contributed by atoms with Gasteiger partial charge in [-0.25, -0.2) is 0 Å². The van der Waals surface area contributed by atoms with Crippen LogP contribution in [0.1, 0.15) is 39.5 Å². The molecule has 0 aromatic rings. The predicted octanol–water partition coefficient (Wildman–Crippen LogP) is -0.275. The van der Waals surface area contributed by atoms with Crippen molar-refractivity contribution in [2.24, 2.45) is 11.5 Å². The number of hydrogen-bond donors (Lipinski definition) is 4. The molecule has 8 nitrogen and oxygen atoms in total. The lowest BCUT2D eigenvalue weighted by Crippen LogP contribution is -2.49. The van der Waals surface area contributed by atoms with Crippen molar-refractivity contribution in [1.29, 1.82) is 5.41 Å². The number of guanidine groups is 1. The molecule has 1 saturated heterocycles. The van der Waals surface area contributed by atoms with Crippen LogP contribution in [0.2, 0.25) is 0 Å². The van der Waals surface area contributed by atoms with E-state index in [1.165, 1.54) is 0 Å². The number of piperidine rings is 1. The summed E-state index contributed by atoms with van der Waals surface area (Å²) >= 11 is 0. The molecule has 1 atom stereocenters. The van der Waals surface area contributed by atoms with Crippen LogP contribution in [0.4, 0.5) is 0 Å². The van der Waals surface area contributed by atoms with Crippen molar-refractivity contribution in [3.8, 4) is 0 Å². The number of likely N-dealkylation sites (tertiary alicyclic amines) is 1. The summed E-state index contributed by atoms with van der Waals surface area (Å²) in [5, 5.41) is 9.73. The third-order valence-corrected chi connectivity index (χ3v) is 3.76. The maximum atomic E-state index is 12.2. The first-order valence-corrected chi connectivity index (χ1v) is 7.90. The number of amides is 2. The maximum Gasteiger partial charge on any atom is 0.249 e. The minimum atomic E-state index is -1.03. The molecule has 1 aliphatic heterocycles. The molecule has 0 saturated carbocycles. The molecule has 0 bridgehead atoms. The highest BCUT2D eigenvalue weighted by Crippen LogP contribution is 2.20. The summed E-state index contributed by atoms with van der Waals surface area (Å²) in [5.41, 5.74) is 9.47. The Kier molecular flexibility index (Phi) is 7.28. The maximum absolute atomic E-state index is 12.2. The van der Waals surface area contributed by atoms with E-state index in [0.29, 0.717) is 26.1 Å². The van der Waals surface area contributed by atoms with Crippen LogP contribution >= 0.6 is 0 Å². The van der Waals surface area contributed by atoms with Crippen molar-refractivity contribution in [3.05, 3.63) is 6.42 Å². The highest BCUT2D eigenvalue weighted by atomic mass is 16.5. The molecule has 0 aromatic carbocycles. The Morgan fingerprint density at radius 3 is 2.74 bits per heavy atom. The third kappa shape index (κ3) is 6.85. The molecule has 6 N–H and O–H groups in total. The van der Waals surface area contributed by atoms with E-state index in [4.69, 9.17) is 21.6 Å². The van der Waals surface area contributed by atoms with E-state index in [1.54, 1.807) is 25.2 Å². The minimum absolute atomic E-state index is 0.0296. The van der Waals surface area contributed by atoms with Gasteiger partial charge >= 0.3 is 0 Å². The smallest absolute Gasteiger partial charge is 0.249 e. The summed E-state index contributed by atoms with van der Waals surface area (Å²) in [4.78, 5) is 25.3. The Labute approximate surface area is 137 Å².